The van der Waals surface area contributed by atoms with Gasteiger partial charge in [0.25, 0.3) is 0 Å². The highest BCUT2D eigenvalue weighted by atomic mass is 35.5. The fourth-order valence-electron chi connectivity index (χ4n) is 1.76. The molecule has 0 aliphatic carbocycles. The molecule has 0 spiro atoms. The van der Waals surface area contributed by atoms with E-state index in [1.165, 1.54) is 0 Å². The number of aromatic nitrogens is 3. The summed E-state index contributed by atoms with van der Waals surface area (Å²) in [5, 5.41) is 1.47. The predicted molar refractivity (Wildman–Crippen MR) is 67.8 cm³/mol. The molecule has 0 aliphatic rings. The van der Waals surface area contributed by atoms with Crippen LogP contribution >= 0.6 is 11.6 Å². The zero-order valence-corrected chi connectivity index (χ0v) is 9.59. The van der Waals surface area contributed by atoms with Crippen LogP contribution in [-0.4, -0.2) is 15.0 Å². The van der Waals surface area contributed by atoms with E-state index in [-0.39, 0.29) is 0 Å². The van der Waals surface area contributed by atoms with Gasteiger partial charge in [0.2, 0.25) is 0 Å². The van der Waals surface area contributed by atoms with Crippen LogP contribution in [0.3, 0.4) is 0 Å². The smallest absolute Gasteiger partial charge is 0.161 e. The van der Waals surface area contributed by atoms with Crippen molar-refractivity contribution in [2.75, 3.05) is 0 Å². The van der Waals surface area contributed by atoms with E-state index in [2.05, 4.69) is 15.0 Å². The predicted octanol–water partition coefficient (Wildman–Crippen LogP) is 3.35. The van der Waals surface area contributed by atoms with E-state index >= 15 is 0 Å². The Hall–Kier alpha value is -2.00. The number of pyridine rings is 1. The van der Waals surface area contributed by atoms with Crippen LogP contribution < -0.4 is 0 Å². The molecule has 17 heavy (non-hydrogen) atoms. The molecule has 0 N–H and O–H groups in total. The fourth-order valence-corrected chi connectivity index (χ4v) is 1.90. The van der Waals surface area contributed by atoms with E-state index < -0.39 is 0 Å². The third kappa shape index (κ3) is 1.85. The minimum Gasteiger partial charge on any atom is -0.256 e. The average Bonchev–Trinajstić information content (AvgIpc) is 2.38. The minimum atomic E-state index is 0.441. The molecule has 3 rings (SSSR count). The van der Waals surface area contributed by atoms with Gasteiger partial charge in [-0.2, -0.15) is 0 Å². The second-order valence-electron chi connectivity index (χ2n) is 3.58. The highest BCUT2D eigenvalue weighted by Gasteiger charge is 2.06. The first-order valence-corrected chi connectivity index (χ1v) is 5.55. The maximum Gasteiger partial charge on any atom is 0.161 e. The maximum absolute atomic E-state index is 5.88. The standard InChI is InChI=1S/C13H8ClN3/c14-12-6-8-16-13(17-12)10-3-1-5-11-9(10)4-2-7-15-11/h1-8H. The lowest BCUT2D eigenvalue weighted by Gasteiger charge is -2.04. The van der Waals surface area contributed by atoms with Gasteiger partial charge in [-0.3, -0.25) is 4.98 Å². The van der Waals surface area contributed by atoms with E-state index in [9.17, 15) is 0 Å². The lowest BCUT2D eigenvalue weighted by Crippen LogP contribution is -1.90. The van der Waals surface area contributed by atoms with Crippen LogP contribution in [0.1, 0.15) is 0 Å². The summed E-state index contributed by atoms with van der Waals surface area (Å²) >= 11 is 5.88. The van der Waals surface area contributed by atoms with Crippen LogP contribution in [0.4, 0.5) is 0 Å². The Bertz CT molecular complexity index is 677. The molecular formula is C13H8ClN3. The van der Waals surface area contributed by atoms with Crippen molar-refractivity contribution < 1.29 is 0 Å². The molecule has 0 atom stereocenters. The summed E-state index contributed by atoms with van der Waals surface area (Å²) in [6, 6.07) is 11.4. The summed E-state index contributed by atoms with van der Waals surface area (Å²) in [6.07, 6.45) is 3.42. The Morgan fingerprint density at radius 2 is 1.82 bits per heavy atom. The Kier molecular flexibility index (Phi) is 2.46. The summed E-state index contributed by atoms with van der Waals surface area (Å²) in [7, 11) is 0. The second kappa shape index (κ2) is 4.11. The van der Waals surface area contributed by atoms with Crippen LogP contribution in [-0.2, 0) is 0 Å². The monoisotopic (exact) mass is 241 g/mol. The van der Waals surface area contributed by atoms with Crippen molar-refractivity contribution in [3.05, 3.63) is 53.9 Å². The van der Waals surface area contributed by atoms with Gasteiger partial charge in [-0.05, 0) is 18.2 Å². The van der Waals surface area contributed by atoms with Crippen molar-refractivity contribution in [3.63, 3.8) is 0 Å². The summed E-state index contributed by atoms with van der Waals surface area (Å²) in [4.78, 5) is 12.8. The lowest BCUT2D eigenvalue weighted by atomic mass is 10.1. The van der Waals surface area contributed by atoms with E-state index in [1.54, 1.807) is 18.5 Å². The van der Waals surface area contributed by atoms with E-state index in [1.807, 2.05) is 30.3 Å². The molecule has 3 aromatic rings. The van der Waals surface area contributed by atoms with Crippen LogP contribution in [0.15, 0.2) is 48.8 Å². The van der Waals surface area contributed by atoms with Crippen molar-refractivity contribution in [2.24, 2.45) is 0 Å². The maximum atomic E-state index is 5.88. The third-order valence-electron chi connectivity index (χ3n) is 2.51. The van der Waals surface area contributed by atoms with Gasteiger partial charge < -0.3 is 0 Å². The van der Waals surface area contributed by atoms with Gasteiger partial charge in [0.1, 0.15) is 5.15 Å². The Labute approximate surface area is 103 Å². The number of rotatable bonds is 1. The van der Waals surface area contributed by atoms with Crippen LogP contribution in [0.2, 0.25) is 5.15 Å². The van der Waals surface area contributed by atoms with Gasteiger partial charge in [0, 0.05) is 23.3 Å². The first-order valence-electron chi connectivity index (χ1n) is 5.17. The summed E-state index contributed by atoms with van der Waals surface area (Å²) in [5.41, 5.74) is 1.87. The molecule has 82 valence electrons. The molecule has 2 aromatic heterocycles. The zero-order valence-electron chi connectivity index (χ0n) is 8.84. The van der Waals surface area contributed by atoms with E-state index in [0.29, 0.717) is 11.0 Å². The van der Waals surface area contributed by atoms with Crippen LogP contribution in [0, 0.1) is 0 Å². The number of hydrogen-bond donors (Lipinski definition) is 0. The topological polar surface area (TPSA) is 38.7 Å². The summed E-state index contributed by atoms with van der Waals surface area (Å²) < 4.78 is 0. The number of hydrogen-bond acceptors (Lipinski definition) is 3. The van der Waals surface area contributed by atoms with Crippen LogP contribution in [0.25, 0.3) is 22.3 Å². The first kappa shape index (κ1) is 10.2. The molecule has 0 aliphatic heterocycles. The third-order valence-corrected chi connectivity index (χ3v) is 2.72. The molecule has 0 saturated heterocycles. The zero-order chi connectivity index (χ0) is 11.7. The minimum absolute atomic E-state index is 0.441. The van der Waals surface area contributed by atoms with Gasteiger partial charge >= 0.3 is 0 Å². The molecule has 0 fully saturated rings. The quantitative estimate of drug-likeness (QED) is 0.614. The van der Waals surface area contributed by atoms with E-state index in [4.69, 9.17) is 11.6 Å². The Morgan fingerprint density at radius 3 is 2.71 bits per heavy atom. The molecule has 4 heteroatoms. The number of benzene rings is 1. The van der Waals surface area contributed by atoms with Gasteiger partial charge in [0.15, 0.2) is 5.82 Å². The molecule has 0 saturated carbocycles. The Balaban J connectivity index is 2.30. The van der Waals surface area contributed by atoms with Crippen LogP contribution in [0.5, 0.6) is 0 Å². The van der Waals surface area contributed by atoms with Gasteiger partial charge in [-0.15, -0.1) is 0 Å². The normalized spacial score (nSPS) is 10.6. The van der Waals surface area contributed by atoms with Crippen molar-refractivity contribution in [1.82, 2.24) is 15.0 Å². The number of fused-ring (bicyclic) bond motifs is 1. The molecule has 1 aromatic carbocycles. The highest BCUT2D eigenvalue weighted by Crippen LogP contribution is 2.25. The van der Waals surface area contributed by atoms with Crippen molar-refractivity contribution in [2.45, 2.75) is 0 Å². The average molecular weight is 242 g/mol. The molecule has 2 heterocycles. The second-order valence-corrected chi connectivity index (χ2v) is 3.97. The molecule has 0 unspecified atom stereocenters. The molecular weight excluding hydrogens is 234 g/mol. The highest BCUT2D eigenvalue weighted by molar-refractivity contribution is 6.29. The van der Waals surface area contributed by atoms with Gasteiger partial charge in [-0.25, -0.2) is 9.97 Å². The van der Waals surface area contributed by atoms with E-state index in [0.717, 1.165) is 16.5 Å². The number of nitrogens with zero attached hydrogens (tertiary/aromatic N) is 3. The molecule has 0 bridgehead atoms. The van der Waals surface area contributed by atoms with Crippen molar-refractivity contribution in [1.29, 1.82) is 0 Å². The largest absolute Gasteiger partial charge is 0.256 e. The van der Waals surface area contributed by atoms with Gasteiger partial charge in [-0.1, -0.05) is 29.8 Å². The molecule has 0 amide bonds. The Morgan fingerprint density at radius 1 is 0.882 bits per heavy atom. The SMILES string of the molecule is Clc1ccnc(-c2cccc3ncccc23)n1. The lowest BCUT2D eigenvalue weighted by molar-refractivity contribution is 1.18. The number of halogens is 1. The van der Waals surface area contributed by atoms with Crippen molar-refractivity contribution >= 4 is 22.5 Å². The summed E-state index contributed by atoms with van der Waals surface area (Å²) in [5.74, 6) is 0.621. The molecule has 0 radical (unpaired) electrons. The van der Waals surface area contributed by atoms with Crippen molar-refractivity contribution in [3.8, 4) is 11.4 Å². The summed E-state index contributed by atoms with van der Waals surface area (Å²) in [6.45, 7) is 0. The first-order chi connectivity index (χ1) is 8.34. The fraction of sp³-hybridized carbons (Fsp3) is 0. The van der Waals surface area contributed by atoms with Gasteiger partial charge in [0.05, 0.1) is 5.52 Å². The molecule has 3 nitrogen and oxygen atoms in total.